The number of halogens is 2. The van der Waals surface area contributed by atoms with Crippen molar-refractivity contribution in [1.29, 1.82) is 0 Å². The summed E-state index contributed by atoms with van der Waals surface area (Å²) < 4.78 is 12.2. The van der Waals surface area contributed by atoms with Gasteiger partial charge in [-0.1, -0.05) is 58.8 Å². The summed E-state index contributed by atoms with van der Waals surface area (Å²) in [5.41, 5.74) is 3.33. The number of carbonyl (C=O) groups is 2. The molecular weight excluding hydrogens is 563 g/mol. The Morgan fingerprint density at radius 1 is 1.21 bits per heavy atom. The lowest BCUT2D eigenvalue weighted by Gasteiger charge is -2.26. The highest BCUT2D eigenvalue weighted by atomic mass is 35.5. The Labute approximate surface area is 238 Å². The quantitative estimate of drug-likeness (QED) is 0.225. The number of thiazole rings is 1. The lowest BCUT2D eigenvalue weighted by Crippen LogP contribution is -2.35. The van der Waals surface area contributed by atoms with Crippen LogP contribution in [0.5, 0.6) is 5.75 Å². The van der Waals surface area contributed by atoms with Crippen LogP contribution < -0.4 is 10.1 Å². The number of anilines is 1. The van der Waals surface area contributed by atoms with Crippen LogP contribution in [0.4, 0.5) is 5.13 Å². The molecule has 0 aliphatic carbocycles. The number of morpholine rings is 1. The van der Waals surface area contributed by atoms with Crippen molar-refractivity contribution < 1.29 is 24.2 Å². The van der Waals surface area contributed by atoms with Gasteiger partial charge < -0.3 is 19.6 Å². The first-order chi connectivity index (χ1) is 18.7. The van der Waals surface area contributed by atoms with Crippen LogP contribution in [-0.2, 0) is 11.3 Å². The Kier molecular flexibility index (Phi) is 8.11. The number of aromatic amines is 1. The van der Waals surface area contributed by atoms with Crippen molar-refractivity contribution in [1.82, 2.24) is 14.9 Å². The molecule has 9 nitrogen and oxygen atoms in total. The third-order valence-corrected chi connectivity index (χ3v) is 8.34. The fourth-order valence-electron chi connectivity index (χ4n) is 4.32. The Balaban J connectivity index is 1.36. The molecule has 2 aromatic heterocycles. The summed E-state index contributed by atoms with van der Waals surface area (Å²) in [6.45, 7) is 7.79. The van der Waals surface area contributed by atoms with Crippen molar-refractivity contribution in [3.8, 4) is 5.75 Å². The van der Waals surface area contributed by atoms with Crippen LogP contribution in [0.2, 0.25) is 10.0 Å². The van der Waals surface area contributed by atoms with Crippen LogP contribution in [0.3, 0.4) is 0 Å². The summed E-state index contributed by atoms with van der Waals surface area (Å²) in [7, 11) is 0. The zero-order valence-electron chi connectivity index (χ0n) is 21.2. The van der Waals surface area contributed by atoms with Gasteiger partial charge in [-0.3, -0.25) is 15.0 Å². The molecule has 2 aromatic carbocycles. The lowest BCUT2D eigenvalue weighted by molar-refractivity contribution is 0.0342. The molecule has 0 saturated carbocycles. The fourth-order valence-corrected chi connectivity index (χ4v) is 5.66. The van der Waals surface area contributed by atoms with Crippen molar-refractivity contribution in [2.24, 2.45) is 0 Å². The normalized spacial score (nSPS) is 14.9. The average Bonchev–Trinajstić information content (AvgIpc) is 3.45. The number of carboxylic acids is 1. The van der Waals surface area contributed by atoms with Gasteiger partial charge >= 0.3 is 5.97 Å². The minimum atomic E-state index is -1.09. The number of amides is 1. The SMILES string of the molecule is Cc1[nH]c(C(=O)Nc2nc3c(OC(C)c4ccc(CN5CCOCC5)cc4)cc(C(=O)O)cc3s2)c(Cl)c1Cl. The molecule has 3 heterocycles. The van der Waals surface area contributed by atoms with Crippen LogP contribution in [0, 0.1) is 6.92 Å². The summed E-state index contributed by atoms with van der Waals surface area (Å²) in [4.78, 5) is 34.4. The van der Waals surface area contributed by atoms with Gasteiger partial charge in [-0.15, -0.1) is 0 Å². The number of H-pyrrole nitrogens is 1. The van der Waals surface area contributed by atoms with Crippen molar-refractivity contribution in [2.45, 2.75) is 26.5 Å². The average molecular weight is 590 g/mol. The first-order valence-electron chi connectivity index (χ1n) is 12.3. The van der Waals surface area contributed by atoms with Gasteiger partial charge in [-0.05, 0) is 37.1 Å². The van der Waals surface area contributed by atoms with E-state index in [4.69, 9.17) is 32.7 Å². The topological polar surface area (TPSA) is 117 Å². The van der Waals surface area contributed by atoms with Gasteiger partial charge in [0.2, 0.25) is 0 Å². The Hall–Kier alpha value is -3.15. The first-order valence-corrected chi connectivity index (χ1v) is 13.8. The summed E-state index contributed by atoms with van der Waals surface area (Å²) in [6.07, 6.45) is -0.378. The molecule has 1 saturated heterocycles. The van der Waals surface area contributed by atoms with Crippen LogP contribution >= 0.6 is 34.5 Å². The van der Waals surface area contributed by atoms with Crippen molar-refractivity contribution in [2.75, 3.05) is 31.6 Å². The van der Waals surface area contributed by atoms with Gasteiger partial charge in [0.15, 0.2) is 5.13 Å². The zero-order valence-corrected chi connectivity index (χ0v) is 23.5. The molecule has 4 aromatic rings. The van der Waals surface area contributed by atoms with E-state index in [-0.39, 0.29) is 32.5 Å². The maximum Gasteiger partial charge on any atom is 0.335 e. The van der Waals surface area contributed by atoms with Crippen molar-refractivity contribution in [3.05, 3.63) is 74.5 Å². The van der Waals surface area contributed by atoms with Gasteiger partial charge in [0, 0.05) is 25.3 Å². The lowest BCUT2D eigenvalue weighted by atomic mass is 10.1. The number of fused-ring (bicyclic) bond motifs is 1. The minimum absolute atomic E-state index is 0.0573. The second kappa shape index (κ2) is 11.5. The second-order valence-electron chi connectivity index (χ2n) is 9.24. The molecule has 1 unspecified atom stereocenters. The maximum atomic E-state index is 12.8. The zero-order chi connectivity index (χ0) is 27.7. The third kappa shape index (κ3) is 6.05. The van der Waals surface area contributed by atoms with E-state index in [2.05, 4.69) is 32.3 Å². The molecule has 0 spiro atoms. The van der Waals surface area contributed by atoms with Crippen LogP contribution in [0.15, 0.2) is 36.4 Å². The number of rotatable bonds is 8. The Bertz CT molecular complexity index is 1530. The largest absolute Gasteiger partial charge is 0.484 e. The maximum absolute atomic E-state index is 12.8. The molecule has 204 valence electrons. The van der Waals surface area contributed by atoms with Crippen LogP contribution in [0.1, 0.15) is 50.7 Å². The Morgan fingerprint density at radius 2 is 1.92 bits per heavy atom. The highest BCUT2D eigenvalue weighted by Gasteiger charge is 2.22. The molecule has 1 aliphatic rings. The molecular formula is C27H26Cl2N4O5S. The molecule has 5 rings (SSSR count). The molecule has 1 atom stereocenters. The summed E-state index contributed by atoms with van der Waals surface area (Å²) in [6, 6.07) is 11.1. The molecule has 12 heteroatoms. The van der Waals surface area contributed by atoms with Gasteiger partial charge in [0.25, 0.3) is 5.91 Å². The van der Waals surface area contributed by atoms with E-state index in [9.17, 15) is 14.7 Å². The van der Waals surface area contributed by atoms with E-state index < -0.39 is 11.9 Å². The van der Waals surface area contributed by atoms with Crippen molar-refractivity contribution >= 4 is 61.8 Å². The third-order valence-electron chi connectivity index (χ3n) is 6.47. The van der Waals surface area contributed by atoms with E-state index in [1.165, 1.54) is 17.7 Å². The molecule has 3 N–H and O–H groups in total. The standard InChI is InChI=1S/C27H26Cl2N4O5S/c1-14-21(28)22(29)24(30-14)25(34)32-27-31-23-19(11-18(26(35)36)12-20(23)39-27)38-15(2)17-5-3-16(4-6-17)13-33-7-9-37-10-8-33/h3-6,11-12,15,30H,7-10,13H2,1-2H3,(H,35,36)(H,31,32,34). The Morgan fingerprint density at radius 3 is 2.56 bits per heavy atom. The second-order valence-corrected chi connectivity index (χ2v) is 11.0. The van der Waals surface area contributed by atoms with Crippen molar-refractivity contribution in [3.63, 3.8) is 0 Å². The number of ether oxygens (including phenoxy) is 2. The van der Waals surface area contributed by atoms with E-state index in [0.29, 0.717) is 21.7 Å². The minimum Gasteiger partial charge on any atom is -0.484 e. The molecule has 1 amide bonds. The molecule has 0 bridgehead atoms. The number of aryl methyl sites for hydroxylation is 1. The number of carbonyl (C=O) groups excluding carboxylic acids is 1. The highest BCUT2D eigenvalue weighted by molar-refractivity contribution is 7.22. The van der Waals surface area contributed by atoms with E-state index in [1.807, 2.05) is 19.1 Å². The number of hydrogen-bond donors (Lipinski definition) is 3. The number of carboxylic acid groups (broad SMARTS) is 1. The first kappa shape index (κ1) is 27.4. The predicted molar refractivity (Wildman–Crippen MR) is 152 cm³/mol. The number of hydrogen-bond acceptors (Lipinski definition) is 7. The number of nitrogens with zero attached hydrogens (tertiary/aromatic N) is 2. The smallest absolute Gasteiger partial charge is 0.335 e. The van der Waals surface area contributed by atoms with E-state index in [1.54, 1.807) is 6.92 Å². The van der Waals surface area contributed by atoms with Gasteiger partial charge in [0.05, 0.1) is 33.5 Å². The monoisotopic (exact) mass is 588 g/mol. The van der Waals surface area contributed by atoms with Gasteiger partial charge in [-0.2, -0.15) is 0 Å². The fraction of sp³-hybridized carbons (Fsp3) is 0.296. The van der Waals surface area contributed by atoms with Gasteiger partial charge in [-0.25, -0.2) is 9.78 Å². The summed E-state index contributed by atoms with van der Waals surface area (Å²) >= 11 is 13.4. The summed E-state index contributed by atoms with van der Waals surface area (Å²) in [5.74, 6) is -1.30. The van der Waals surface area contributed by atoms with Crippen LogP contribution in [0.25, 0.3) is 10.2 Å². The van der Waals surface area contributed by atoms with Gasteiger partial charge in [0.1, 0.15) is 23.1 Å². The molecule has 0 radical (unpaired) electrons. The van der Waals surface area contributed by atoms with E-state index >= 15 is 0 Å². The van der Waals surface area contributed by atoms with E-state index in [0.717, 1.165) is 49.7 Å². The molecule has 1 fully saturated rings. The molecule has 39 heavy (non-hydrogen) atoms. The molecule has 1 aliphatic heterocycles. The predicted octanol–water partition coefficient (Wildman–Crippen LogP) is 6.16. The number of aromatic nitrogens is 2. The number of nitrogens with one attached hydrogen (secondary N) is 2. The summed E-state index contributed by atoms with van der Waals surface area (Å²) in [5, 5.41) is 13.0. The van der Waals surface area contributed by atoms with Crippen LogP contribution in [-0.4, -0.2) is 58.2 Å². The number of aromatic carboxylic acids is 1. The highest BCUT2D eigenvalue weighted by Crippen LogP contribution is 2.37. The number of benzene rings is 2.